The summed E-state index contributed by atoms with van der Waals surface area (Å²) in [5.74, 6) is 2.70. The molecule has 28 heavy (non-hydrogen) atoms. The van der Waals surface area contributed by atoms with E-state index in [1.54, 1.807) is 13.4 Å². The standard InChI is InChI=1S/C19H26N8.HI/c1-4-18-25-23-14-27(18)11-10-21-19(20-2)26(3)13-17-22-12-16(24-17)15-8-6-5-7-9-15;/h5-9,12,14H,4,10-11,13H2,1-3H3,(H,20,21)(H,22,24);1H. The fraction of sp³-hybridized carbons (Fsp3) is 0.368. The van der Waals surface area contributed by atoms with Gasteiger partial charge < -0.3 is 19.8 Å². The Labute approximate surface area is 182 Å². The van der Waals surface area contributed by atoms with Crippen molar-refractivity contribution in [2.75, 3.05) is 20.6 Å². The van der Waals surface area contributed by atoms with Crippen LogP contribution in [-0.4, -0.2) is 56.2 Å². The number of aromatic nitrogens is 5. The molecular weight excluding hydrogens is 467 g/mol. The monoisotopic (exact) mass is 494 g/mol. The van der Waals surface area contributed by atoms with E-state index in [1.807, 2.05) is 36.3 Å². The minimum absolute atomic E-state index is 0. The lowest BCUT2D eigenvalue weighted by molar-refractivity contribution is 0.460. The summed E-state index contributed by atoms with van der Waals surface area (Å²) in [7, 11) is 3.78. The van der Waals surface area contributed by atoms with Crippen LogP contribution in [0, 0.1) is 0 Å². The van der Waals surface area contributed by atoms with Gasteiger partial charge in [-0.3, -0.25) is 4.99 Å². The summed E-state index contributed by atoms with van der Waals surface area (Å²) in [6.45, 7) is 4.25. The van der Waals surface area contributed by atoms with E-state index in [9.17, 15) is 0 Å². The van der Waals surface area contributed by atoms with Crippen molar-refractivity contribution >= 4 is 29.9 Å². The number of hydrogen-bond acceptors (Lipinski definition) is 4. The zero-order valence-electron chi connectivity index (χ0n) is 16.5. The van der Waals surface area contributed by atoms with Gasteiger partial charge in [-0.25, -0.2) is 4.98 Å². The number of nitrogens with zero attached hydrogens (tertiary/aromatic N) is 6. The number of guanidine groups is 1. The number of benzene rings is 1. The van der Waals surface area contributed by atoms with Crippen LogP contribution in [-0.2, 0) is 19.5 Å². The van der Waals surface area contributed by atoms with Crippen molar-refractivity contribution in [3.05, 3.63) is 54.5 Å². The van der Waals surface area contributed by atoms with Crippen molar-refractivity contribution in [3.63, 3.8) is 0 Å². The minimum Gasteiger partial charge on any atom is -0.354 e. The van der Waals surface area contributed by atoms with E-state index in [4.69, 9.17) is 0 Å². The highest BCUT2D eigenvalue weighted by atomic mass is 127. The highest BCUT2D eigenvalue weighted by Crippen LogP contribution is 2.16. The number of aliphatic imine (C=N–C) groups is 1. The molecule has 0 unspecified atom stereocenters. The predicted octanol–water partition coefficient (Wildman–Crippen LogP) is 2.56. The van der Waals surface area contributed by atoms with Gasteiger partial charge in [0.1, 0.15) is 18.0 Å². The van der Waals surface area contributed by atoms with Gasteiger partial charge in [0.2, 0.25) is 0 Å². The molecule has 0 aliphatic rings. The summed E-state index contributed by atoms with van der Waals surface area (Å²) in [5, 5.41) is 11.4. The van der Waals surface area contributed by atoms with Gasteiger partial charge in [0.25, 0.3) is 0 Å². The van der Waals surface area contributed by atoms with Gasteiger partial charge in [0, 0.05) is 33.6 Å². The number of H-pyrrole nitrogens is 1. The molecule has 0 aliphatic heterocycles. The number of halogens is 1. The fourth-order valence-corrected chi connectivity index (χ4v) is 2.92. The van der Waals surface area contributed by atoms with Gasteiger partial charge in [-0.1, -0.05) is 37.3 Å². The summed E-state index contributed by atoms with van der Waals surface area (Å²) < 4.78 is 2.05. The summed E-state index contributed by atoms with van der Waals surface area (Å²) in [6.07, 6.45) is 4.50. The van der Waals surface area contributed by atoms with Crippen LogP contribution in [0.2, 0.25) is 0 Å². The minimum atomic E-state index is 0. The van der Waals surface area contributed by atoms with E-state index in [2.05, 4.69) is 54.1 Å². The molecule has 0 bridgehead atoms. The average Bonchev–Trinajstić information content (AvgIpc) is 3.35. The van der Waals surface area contributed by atoms with E-state index in [-0.39, 0.29) is 24.0 Å². The molecule has 0 amide bonds. The van der Waals surface area contributed by atoms with Gasteiger partial charge in [0.05, 0.1) is 18.4 Å². The van der Waals surface area contributed by atoms with E-state index >= 15 is 0 Å². The third-order valence-electron chi connectivity index (χ3n) is 4.32. The van der Waals surface area contributed by atoms with Crippen LogP contribution in [0.15, 0.2) is 47.8 Å². The van der Waals surface area contributed by atoms with Crippen LogP contribution in [0.25, 0.3) is 11.3 Å². The lowest BCUT2D eigenvalue weighted by atomic mass is 10.2. The molecule has 0 radical (unpaired) electrons. The zero-order chi connectivity index (χ0) is 19.1. The molecule has 2 N–H and O–H groups in total. The smallest absolute Gasteiger partial charge is 0.193 e. The normalized spacial score (nSPS) is 11.2. The maximum absolute atomic E-state index is 4.49. The maximum atomic E-state index is 4.49. The second kappa shape index (κ2) is 10.8. The third kappa shape index (κ3) is 5.54. The van der Waals surface area contributed by atoms with Gasteiger partial charge in [-0.05, 0) is 5.56 Å². The van der Waals surface area contributed by atoms with Gasteiger partial charge >= 0.3 is 0 Å². The summed E-state index contributed by atoms with van der Waals surface area (Å²) >= 11 is 0. The van der Waals surface area contributed by atoms with Crippen molar-refractivity contribution in [2.24, 2.45) is 4.99 Å². The summed E-state index contributed by atoms with van der Waals surface area (Å²) in [4.78, 5) is 14.3. The third-order valence-corrected chi connectivity index (χ3v) is 4.32. The van der Waals surface area contributed by atoms with Crippen LogP contribution in [0.3, 0.4) is 0 Å². The number of hydrogen-bond donors (Lipinski definition) is 2. The Hall–Kier alpha value is -2.43. The number of nitrogens with one attached hydrogen (secondary N) is 2. The molecule has 1 aromatic carbocycles. The molecule has 0 aliphatic carbocycles. The Bertz CT molecular complexity index is 871. The molecule has 0 atom stereocenters. The highest BCUT2D eigenvalue weighted by Gasteiger charge is 2.10. The van der Waals surface area contributed by atoms with E-state index in [0.717, 1.165) is 48.4 Å². The molecule has 2 heterocycles. The topological polar surface area (TPSA) is 87.0 Å². The van der Waals surface area contributed by atoms with Crippen molar-refractivity contribution in [1.29, 1.82) is 0 Å². The summed E-state index contributed by atoms with van der Waals surface area (Å²) in [6, 6.07) is 10.2. The Morgan fingerprint density at radius 2 is 2.07 bits per heavy atom. The Balaban J connectivity index is 0.00000280. The quantitative estimate of drug-likeness (QED) is 0.300. The number of aromatic amines is 1. The molecule has 0 spiro atoms. The van der Waals surface area contributed by atoms with Crippen LogP contribution >= 0.6 is 24.0 Å². The number of aryl methyl sites for hydroxylation is 1. The van der Waals surface area contributed by atoms with Crippen molar-refractivity contribution in [1.82, 2.24) is 34.9 Å². The molecule has 0 saturated heterocycles. The first-order valence-electron chi connectivity index (χ1n) is 9.09. The molecule has 0 fully saturated rings. The zero-order valence-corrected chi connectivity index (χ0v) is 18.8. The number of imidazole rings is 1. The van der Waals surface area contributed by atoms with Crippen LogP contribution in [0.5, 0.6) is 0 Å². The first-order valence-corrected chi connectivity index (χ1v) is 9.09. The number of rotatable bonds is 7. The largest absolute Gasteiger partial charge is 0.354 e. The SMILES string of the molecule is CCc1nncn1CCNC(=NC)N(C)Cc1ncc(-c2ccccc2)[nH]1.I. The molecule has 3 rings (SSSR count). The van der Waals surface area contributed by atoms with Crippen molar-refractivity contribution in [3.8, 4) is 11.3 Å². The van der Waals surface area contributed by atoms with Crippen molar-refractivity contribution < 1.29 is 0 Å². The highest BCUT2D eigenvalue weighted by molar-refractivity contribution is 14.0. The van der Waals surface area contributed by atoms with Crippen LogP contribution in [0.4, 0.5) is 0 Å². The molecule has 9 heteroatoms. The van der Waals surface area contributed by atoms with E-state index < -0.39 is 0 Å². The molecule has 2 aromatic heterocycles. The van der Waals surface area contributed by atoms with Gasteiger partial charge in [-0.15, -0.1) is 34.2 Å². The first-order chi connectivity index (χ1) is 13.2. The molecule has 0 saturated carbocycles. The first kappa shape index (κ1) is 21.9. The van der Waals surface area contributed by atoms with Crippen LogP contribution < -0.4 is 5.32 Å². The Kier molecular flexibility index (Phi) is 8.42. The lowest BCUT2D eigenvalue weighted by Gasteiger charge is -2.21. The Morgan fingerprint density at radius 1 is 1.29 bits per heavy atom. The second-order valence-corrected chi connectivity index (χ2v) is 6.23. The average molecular weight is 494 g/mol. The fourth-order valence-electron chi connectivity index (χ4n) is 2.92. The molecule has 150 valence electrons. The predicted molar refractivity (Wildman–Crippen MR) is 122 cm³/mol. The molecule has 8 nitrogen and oxygen atoms in total. The van der Waals surface area contributed by atoms with Crippen molar-refractivity contribution in [2.45, 2.75) is 26.4 Å². The second-order valence-electron chi connectivity index (χ2n) is 6.23. The van der Waals surface area contributed by atoms with E-state index in [0.29, 0.717) is 6.54 Å². The van der Waals surface area contributed by atoms with Gasteiger partial charge in [-0.2, -0.15) is 0 Å². The lowest BCUT2D eigenvalue weighted by Crippen LogP contribution is -2.40. The summed E-state index contributed by atoms with van der Waals surface area (Å²) in [5.41, 5.74) is 2.14. The maximum Gasteiger partial charge on any atom is 0.193 e. The van der Waals surface area contributed by atoms with Crippen LogP contribution in [0.1, 0.15) is 18.6 Å². The molecular formula is C19H27IN8. The van der Waals surface area contributed by atoms with E-state index in [1.165, 1.54) is 0 Å². The molecule has 3 aromatic rings. The Morgan fingerprint density at radius 3 is 2.79 bits per heavy atom. The van der Waals surface area contributed by atoms with Gasteiger partial charge in [0.15, 0.2) is 5.96 Å².